The molecule has 0 unspecified atom stereocenters. The standard InChI is InChI=1S/C7H15NO.ClH/c1-7(6-9)4-3-5-8(7)2;/h9H,3-6H2,1-2H3;1H/t7-;/m0./s1. The lowest BCUT2D eigenvalue weighted by Gasteiger charge is -2.29. The van der Waals surface area contributed by atoms with Gasteiger partial charge in [0.1, 0.15) is 0 Å². The summed E-state index contributed by atoms with van der Waals surface area (Å²) in [5, 5.41) is 8.95. The molecular weight excluding hydrogens is 150 g/mol. The van der Waals surface area contributed by atoms with Crippen LogP contribution in [0.15, 0.2) is 0 Å². The molecule has 1 atom stereocenters. The summed E-state index contributed by atoms with van der Waals surface area (Å²) in [5.74, 6) is 0. The first-order valence-electron chi connectivity index (χ1n) is 3.51. The van der Waals surface area contributed by atoms with Gasteiger partial charge < -0.3 is 5.11 Å². The smallest absolute Gasteiger partial charge is 0.0612 e. The van der Waals surface area contributed by atoms with E-state index in [-0.39, 0.29) is 17.9 Å². The molecule has 2 nitrogen and oxygen atoms in total. The van der Waals surface area contributed by atoms with Crippen molar-refractivity contribution in [3.63, 3.8) is 0 Å². The van der Waals surface area contributed by atoms with E-state index in [0.29, 0.717) is 6.61 Å². The Kier molecular flexibility index (Phi) is 3.63. The maximum Gasteiger partial charge on any atom is 0.0612 e. The fraction of sp³-hybridized carbons (Fsp3) is 1.00. The van der Waals surface area contributed by atoms with E-state index >= 15 is 0 Å². The van der Waals surface area contributed by atoms with Crippen LogP contribution >= 0.6 is 12.4 Å². The van der Waals surface area contributed by atoms with Crippen molar-refractivity contribution in [1.82, 2.24) is 4.90 Å². The van der Waals surface area contributed by atoms with Crippen molar-refractivity contribution in [2.24, 2.45) is 0 Å². The first kappa shape index (κ1) is 10.2. The Bertz CT molecular complexity index is 110. The lowest BCUT2D eigenvalue weighted by atomic mass is 10.0. The Morgan fingerprint density at radius 2 is 2.20 bits per heavy atom. The normalized spacial score (nSPS) is 33.9. The van der Waals surface area contributed by atoms with E-state index in [4.69, 9.17) is 5.11 Å². The Labute approximate surface area is 68.6 Å². The molecule has 0 aromatic heterocycles. The van der Waals surface area contributed by atoms with Crippen LogP contribution in [0.3, 0.4) is 0 Å². The van der Waals surface area contributed by atoms with Crippen LogP contribution in [0.4, 0.5) is 0 Å². The number of halogens is 1. The highest BCUT2D eigenvalue weighted by Gasteiger charge is 2.32. The van der Waals surface area contributed by atoms with E-state index in [1.807, 2.05) is 0 Å². The van der Waals surface area contributed by atoms with Crippen molar-refractivity contribution in [3.05, 3.63) is 0 Å². The van der Waals surface area contributed by atoms with Gasteiger partial charge >= 0.3 is 0 Å². The van der Waals surface area contributed by atoms with Gasteiger partial charge in [0.05, 0.1) is 6.61 Å². The molecule has 0 bridgehead atoms. The minimum Gasteiger partial charge on any atom is -0.394 e. The number of hydrogen-bond acceptors (Lipinski definition) is 2. The molecule has 1 aliphatic rings. The first-order valence-corrected chi connectivity index (χ1v) is 3.51. The number of rotatable bonds is 1. The van der Waals surface area contributed by atoms with Gasteiger partial charge in [0.2, 0.25) is 0 Å². The molecule has 0 aromatic carbocycles. The molecule has 1 N–H and O–H groups in total. The topological polar surface area (TPSA) is 23.5 Å². The van der Waals surface area contributed by atoms with E-state index in [9.17, 15) is 0 Å². The Morgan fingerprint density at radius 3 is 2.40 bits per heavy atom. The Hall–Kier alpha value is 0.210. The molecule has 62 valence electrons. The minimum absolute atomic E-state index is 0. The maximum absolute atomic E-state index is 8.95. The predicted octanol–water partition coefficient (Wildman–Crippen LogP) is 0.885. The number of likely N-dealkylation sites (tertiary alicyclic amines) is 1. The van der Waals surface area contributed by atoms with E-state index in [0.717, 1.165) is 13.0 Å². The van der Waals surface area contributed by atoms with Crippen LogP contribution in [0.2, 0.25) is 0 Å². The molecule has 1 rings (SSSR count). The highest BCUT2D eigenvalue weighted by Crippen LogP contribution is 2.25. The largest absolute Gasteiger partial charge is 0.394 e. The number of aliphatic hydroxyl groups is 1. The van der Waals surface area contributed by atoms with Crippen LogP contribution in [0.5, 0.6) is 0 Å². The molecule has 1 saturated heterocycles. The van der Waals surface area contributed by atoms with Gasteiger partial charge in [-0.15, -0.1) is 12.4 Å². The zero-order valence-corrected chi connectivity index (χ0v) is 7.45. The van der Waals surface area contributed by atoms with Crippen molar-refractivity contribution in [2.75, 3.05) is 20.2 Å². The number of nitrogens with zero attached hydrogens (tertiary/aromatic N) is 1. The molecule has 3 heteroatoms. The van der Waals surface area contributed by atoms with Gasteiger partial charge in [0, 0.05) is 5.54 Å². The molecular formula is C7H16ClNO. The number of hydrogen-bond donors (Lipinski definition) is 1. The van der Waals surface area contributed by atoms with Gasteiger partial charge in [0.25, 0.3) is 0 Å². The lowest BCUT2D eigenvalue weighted by molar-refractivity contribution is 0.100. The van der Waals surface area contributed by atoms with Gasteiger partial charge in [-0.05, 0) is 33.4 Å². The van der Waals surface area contributed by atoms with Gasteiger partial charge in [-0.2, -0.15) is 0 Å². The van der Waals surface area contributed by atoms with Crippen LogP contribution < -0.4 is 0 Å². The maximum atomic E-state index is 8.95. The van der Waals surface area contributed by atoms with Crippen molar-refractivity contribution >= 4 is 12.4 Å². The lowest BCUT2D eigenvalue weighted by Crippen LogP contribution is -2.41. The number of likely N-dealkylation sites (N-methyl/N-ethyl adjacent to an activating group) is 1. The zero-order chi connectivity index (χ0) is 6.91. The molecule has 0 spiro atoms. The summed E-state index contributed by atoms with van der Waals surface area (Å²) in [6.45, 7) is 3.54. The van der Waals surface area contributed by atoms with Crippen LogP contribution in [-0.4, -0.2) is 35.7 Å². The Morgan fingerprint density at radius 1 is 1.60 bits per heavy atom. The van der Waals surface area contributed by atoms with Crippen molar-refractivity contribution in [1.29, 1.82) is 0 Å². The molecule has 1 heterocycles. The first-order chi connectivity index (χ1) is 4.19. The second-order valence-electron chi connectivity index (χ2n) is 3.18. The van der Waals surface area contributed by atoms with E-state index in [2.05, 4.69) is 18.9 Å². The average molecular weight is 166 g/mol. The molecule has 0 radical (unpaired) electrons. The zero-order valence-electron chi connectivity index (χ0n) is 6.63. The summed E-state index contributed by atoms with van der Waals surface area (Å²) in [5.41, 5.74) is 0.0833. The molecule has 0 saturated carbocycles. The molecule has 1 aliphatic heterocycles. The monoisotopic (exact) mass is 165 g/mol. The average Bonchev–Trinajstić information content (AvgIpc) is 2.15. The summed E-state index contributed by atoms with van der Waals surface area (Å²) in [4.78, 5) is 2.23. The van der Waals surface area contributed by atoms with Gasteiger partial charge in [-0.1, -0.05) is 0 Å². The third-order valence-electron chi connectivity index (χ3n) is 2.47. The summed E-state index contributed by atoms with van der Waals surface area (Å²) < 4.78 is 0. The highest BCUT2D eigenvalue weighted by atomic mass is 35.5. The Balaban J connectivity index is 0.000000810. The summed E-state index contributed by atoms with van der Waals surface area (Å²) in [7, 11) is 2.07. The van der Waals surface area contributed by atoms with Crippen LogP contribution in [0.25, 0.3) is 0 Å². The summed E-state index contributed by atoms with van der Waals surface area (Å²) >= 11 is 0. The van der Waals surface area contributed by atoms with Crippen LogP contribution in [0.1, 0.15) is 19.8 Å². The van der Waals surface area contributed by atoms with Crippen molar-refractivity contribution in [3.8, 4) is 0 Å². The van der Waals surface area contributed by atoms with Crippen molar-refractivity contribution in [2.45, 2.75) is 25.3 Å². The minimum atomic E-state index is 0. The molecule has 0 aromatic rings. The SMILES string of the molecule is CN1CCC[C@@]1(C)CO.Cl. The van der Waals surface area contributed by atoms with Gasteiger partial charge in [-0.25, -0.2) is 0 Å². The summed E-state index contributed by atoms with van der Waals surface area (Å²) in [6, 6.07) is 0. The molecule has 10 heavy (non-hydrogen) atoms. The fourth-order valence-electron chi connectivity index (χ4n) is 1.36. The second kappa shape index (κ2) is 3.56. The van der Waals surface area contributed by atoms with Gasteiger partial charge in [-0.3, -0.25) is 4.90 Å². The van der Waals surface area contributed by atoms with E-state index in [1.54, 1.807) is 0 Å². The third-order valence-corrected chi connectivity index (χ3v) is 2.47. The molecule has 0 aliphatic carbocycles. The van der Waals surface area contributed by atoms with Crippen LogP contribution in [-0.2, 0) is 0 Å². The van der Waals surface area contributed by atoms with E-state index in [1.165, 1.54) is 6.42 Å². The third kappa shape index (κ3) is 1.62. The second-order valence-corrected chi connectivity index (χ2v) is 3.18. The van der Waals surface area contributed by atoms with Crippen LogP contribution in [0, 0.1) is 0 Å². The van der Waals surface area contributed by atoms with Gasteiger partial charge in [0.15, 0.2) is 0 Å². The molecule has 0 amide bonds. The number of aliphatic hydroxyl groups excluding tert-OH is 1. The van der Waals surface area contributed by atoms with Crippen molar-refractivity contribution < 1.29 is 5.11 Å². The summed E-state index contributed by atoms with van der Waals surface area (Å²) in [6.07, 6.45) is 2.37. The fourth-order valence-corrected chi connectivity index (χ4v) is 1.36. The molecule has 1 fully saturated rings. The van der Waals surface area contributed by atoms with E-state index < -0.39 is 0 Å². The predicted molar refractivity (Wildman–Crippen MR) is 44.6 cm³/mol. The highest BCUT2D eigenvalue weighted by molar-refractivity contribution is 5.85. The quantitative estimate of drug-likeness (QED) is 0.624.